The van der Waals surface area contributed by atoms with Gasteiger partial charge in [0, 0.05) is 13.6 Å². The summed E-state index contributed by atoms with van der Waals surface area (Å²) in [4.78, 5) is 4.15. The average Bonchev–Trinajstić information content (AvgIpc) is 3.03. The molecule has 0 saturated heterocycles. The molecular formula is C16H20FN3OS. The predicted octanol–water partition coefficient (Wildman–Crippen LogP) is 3.02. The molecule has 1 aromatic heterocycles. The smallest absolute Gasteiger partial charge is 0.191 e. The van der Waals surface area contributed by atoms with Crippen molar-refractivity contribution in [1.82, 2.24) is 10.6 Å². The van der Waals surface area contributed by atoms with Crippen molar-refractivity contribution in [2.45, 2.75) is 19.6 Å². The number of hydrogen-bond acceptors (Lipinski definition) is 3. The molecule has 0 aliphatic carbocycles. The molecule has 0 aliphatic rings. The van der Waals surface area contributed by atoms with Gasteiger partial charge in [-0.05, 0) is 41.4 Å². The van der Waals surface area contributed by atoms with Gasteiger partial charge in [0.2, 0.25) is 0 Å². The maximum Gasteiger partial charge on any atom is 0.191 e. The van der Waals surface area contributed by atoms with Gasteiger partial charge in [-0.15, -0.1) is 0 Å². The first-order valence-electron chi connectivity index (χ1n) is 7.06. The van der Waals surface area contributed by atoms with E-state index in [-0.39, 0.29) is 17.7 Å². The highest BCUT2D eigenvalue weighted by atomic mass is 32.1. The summed E-state index contributed by atoms with van der Waals surface area (Å²) >= 11 is 1.66. The summed E-state index contributed by atoms with van der Waals surface area (Å²) < 4.78 is 19.1. The van der Waals surface area contributed by atoms with Gasteiger partial charge in [-0.2, -0.15) is 11.3 Å². The van der Waals surface area contributed by atoms with Crippen LogP contribution in [0.1, 0.15) is 12.5 Å². The molecule has 0 radical (unpaired) electrons. The standard InChI is InChI=1S/C16H20FN3OS/c1-12(21-15-6-4-3-5-14(15)17)9-19-16(18-2)20-10-13-7-8-22-11-13/h3-8,11-12H,9-10H2,1-2H3,(H2,18,19,20). The molecule has 6 heteroatoms. The fraction of sp³-hybridized carbons (Fsp3) is 0.312. The molecule has 118 valence electrons. The summed E-state index contributed by atoms with van der Waals surface area (Å²) in [6.07, 6.45) is -0.184. The van der Waals surface area contributed by atoms with E-state index in [1.807, 2.05) is 12.3 Å². The maximum absolute atomic E-state index is 13.5. The molecule has 0 aliphatic heterocycles. The van der Waals surface area contributed by atoms with Crippen LogP contribution in [0.15, 0.2) is 46.1 Å². The Balaban J connectivity index is 1.76. The number of nitrogens with one attached hydrogen (secondary N) is 2. The van der Waals surface area contributed by atoms with Crippen LogP contribution in [0.4, 0.5) is 4.39 Å². The number of nitrogens with zero attached hydrogens (tertiary/aromatic N) is 1. The van der Waals surface area contributed by atoms with Crippen LogP contribution in [0.25, 0.3) is 0 Å². The van der Waals surface area contributed by atoms with Gasteiger partial charge in [-0.1, -0.05) is 12.1 Å². The molecule has 1 heterocycles. The van der Waals surface area contributed by atoms with Crippen molar-refractivity contribution in [2.24, 2.45) is 4.99 Å². The van der Waals surface area contributed by atoms with Crippen molar-refractivity contribution in [2.75, 3.05) is 13.6 Å². The summed E-state index contributed by atoms with van der Waals surface area (Å²) in [5.74, 6) is 0.600. The van der Waals surface area contributed by atoms with Crippen molar-refractivity contribution < 1.29 is 9.13 Å². The number of halogens is 1. The van der Waals surface area contributed by atoms with E-state index in [1.54, 1.807) is 36.6 Å². The first kappa shape index (κ1) is 16.3. The molecule has 2 N–H and O–H groups in total. The number of benzene rings is 1. The molecule has 0 fully saturated rings. The minimum atomic E-state index is -0.352. The zero-order valence-electron chi connectivity index (χ0n) is 12.7. The molecule has 0 bridgehead atoms. The van der Waals surface area contributed by atoms with Gasteiger partial charge in [0.25, 0.3) is 0 Å². The highest BCUT2D eigenvalue weighted by molar-refractivity contribution is 7.07. The van der Waals surface area contributed by atoms with Gasteiger partial charge in [0.05, 0.1) is 6.54 Å². The number of ether oxygens (including phenoxy) is 1. The normalized spacial score (nSPS) is 12.8. The van der Waals surface area contributed by atoms with E-state index in [2.05, 4.69) is 27.1 Å². The van der Waals surface area contributed by atoms with E-state index >= 15 is 0 Å². The zero-order chi connectivity index (χ0) is 15.8. The van der Waals surface area contributed by atoms with E-state index in [1.165, 1.54) is 11.6 Å². The van der Waals surface area contributed by atoms with E-state index in [0.717, 1.165) is 0 Å². The number of rotatable bonds is 6. The highest BCUT2D eigenvalue weighted by Crippen LogP contribution is 2.16. The largest absolute Gasteiger partial charge is 0.486 e. The molecule has 1 atom stereocenters. The second kappa shape index (κ2) is 8.38. The summed E-state index contributed by atoms with van der Waals surface area (Å²) in [6, 6.07) is 8.46. The number of hydrogen-bond donors (Lipinski definition) is 2. The lowest BCUT2D eigenvalue weighted by atomic mass is 10.3. The minimum Gasteiger partial charge on any atom is -0.486 e. The molecule has 0 saturated carbocycles. The number of thiophene rings is 1. The van der Waals surface area contributed by atoms with Crippen LogP contribution in [0.2, 0.25) is 0 Å². The van der Waals surface area contributed by atoms with E-state index in [0.29, 0.717) is 19.0 Å². The van der Waals surface area contributed by atoms with Crippen LogP contribution in [-0.4, -0.2) is 25.7 Å². The molecule has 2 rings (SSSR count). The predicted molar refractivity (Wildman–Crippen MR) is 89.0 cm³/mol. The van der Waals surface area contributed by atoms with Crippen molar-refractivity contribution >= 4 is 17.3 Å². The molecule has 1 unspecified atom stereocenters. The Morgan fingerprint density at radius 2 is 2.14 bits per heavy atom. The van der Waals surface area contributed by atoms with E-state index < -0.39 is 0 Å². The Bertz CT molecular complexity index is 601. The van der Waals surface area contributed by atoms with Crippen LogP contribution in [0.3, 0.4) is 0 Å². The van der Waals surface area contributed by atoms with Crippen LogP contribution >= 0.6 is 11.3 Å². The molecule has 0 spiro atoms. The van der Waals surface area contributed by atoms with Crippen molar-refractivity contribution in [1.29, 1.82) is 0 Å². The number of guanidine groups is 1. The summed E-state index contributed by atoms with van der Waals surface area (Å²) in [7, 11) is 1.71. The second-order valence-corrected chi connectivity index (χ2v) is 5.58. The van der Waals surface area contributed by atoms with Gasteiger partial charge in [-0.25, -0.2) is 4.39 Å². The van der Waals surface area contributed by atoms with Crippen molar-refractivity contribution in [3.63, 3.8) is 0 Å². The van der Waals surface area contributed by atoms with E-state index in [9.17, 15) is 4.39 Å². The van der Waals surface area contributed by atoms with Gasteiger partial charge >= 0.3 is 0 Å². The lowest BCUT2D eigenvalue weighted by Gasteiger charge is -2.18. The number of para-hydroxylation sites is 1. The summed E-state index contributed by atoms with van der Waals surface area (Å²) in [6.45, 7) is 3.12. The summed E-state index contributed by atoms with van der Waals surface area (Å²) in [5.41, 5.74) is 1.21. The van der Waals surface area contributed by atoms with Gasteiger partial charge < -0.3 is 15.4 Å². The molecule has 4 nitrogen and oxygen atoms in total. The Morgan fingerprint density at radius 3 is 2.82 bits per heavy atom. The van der Waals surface area contributed by atoms with Crippen LogP contribution in [0.5, 0.6) is 5.75 Å². The lowest BCUT2D eigenvalue weighted by Crippen LogP contribution is -2.41. The third kappa shape index (κ3) is 5.04. The van der Waals surface area contributed by atoms with Crippen molar-refractivity contribution in [3.05, 3.63) is 52.5 Å². The Morgan fingerprint density at radius 1 is 1.32 bits per heavy atom. The van der Waals surface area contributed by atoms with Gasteiger partial charge in [0.15, 0.2) is 17.5 Å². The first-order chi connectivity index (χ1) is 10.7. The Hall–Kier alpha value is -2.08. The average molecular weight is 321 g/mol. The van der Waals surface area contributed by atoms with Gasteiger partial charge in [-0.3, -0.25) is 4.99 Å². The monoisotopic (exact) mass is 321 g/mol. The molecular weight excluding hydrogens is 301 g/mol. The Kier molecular flexibility index (Phi) is 6.21. The highest BCUT2D eigenvalue weighted by Gasteiger charge is 2.08. The SMILES string of the molecule is CN=C(NCc1ccsc1)NCC(C)Oc1ccccc1F. The van der Waals surface area contributed by atoms with Crippen LogP contribution in [-0.2, 0) is 6.54 Å². The third-order valence-electron chi connectivity index (χ3n) is 2.99. The first-order valence-corrected chi connectivity index (χ1v) is 8.00. The lowest BCUT2D eigenvalue weighted by molar-refractivity contribution is 0.214. The maximum atomic E-state index is 13.5. The zero-order valence-corrected chi connectivity index (χ0v) is 13.5. The van der Waals surface area contributed by atoms with Gasteiger partial charge in [0.1, 0.15) is 6.10 Å². The Labute approximate surface area is 134 Å². The fourth-order valence-corrected chi connectivity index (χ4v) is 2.51. The molecule has 0 amide bonds. The van der Waals surface area contributed by atoms with E-state index in [4.69, 9.17) is 4.74 Å². The number of aliphatic imine (C=N–C) groups is 1. The van der Waals surface area contributed by atoms with Crippen LogP contribution in [0, 0.1) is 5.82 Å². The molecule has 1 aromatic carbocycles. The van der Waals surface area contributed by atoms with Crippen LogP contribution < -0.4 is 15.4 Å². The second-order valence-electron chi connectivity index (χ2n) is 4.80. The topological polar surface area (TPSA) is 45.7 Å². The third-order valence-corrected chi connectivity index (χ3v) is 3.72. The minimum absolute atomic E-state index is 0.184. The molecule has 2 aromatic rings. The summed E-state index contributed by atoms with van der Waals surface area (Å²) in [5, 5.41) is 10.5. The van der Waals surface area contributed by atoms with Crippen molar-refractivity contribution in [3.8, 4) is 5.75 Å². The quantitative estimate of drug-likeness (QED) is 0.635. The molecule has 22 heavy (non-hydrogen) atoms. The fourth-order valence-electron chi connectivity index (χ4n) is 1.84.